The van der Waals surface area contributed by atoms with E-state index < -0.39 is 0 Å². The van der Waals surface area contributed by atoms with Gasteiger partial charge < -0.3 is 0 Å². The quantitative estimate of drug-likeness (QED) is 0.535. The van der Waals surface area contributed by atoms with Crippen molar-refractivity contribution < 1.29 is 0 Å². The van der Waals surface area contributed by atoms with Crippen LogP contribution in [0.2, 0.25) is 0 Å². The van der Waals surface area contributed by atoms with Crippen LogP contribution in [0.5, 0.6) is 0 Å². The lowest BCUT2D eigenvalue weighted by Crippen LogP contribution is -2.35. The molecule has 0 aliphatic carbocycles. The molecule has 3 N–H and O–H groups in total. The minimum Gasteiger partial charge on any atom is -0.271 e. The fourth-order valence-corrected chi connectivity index (χ4v) is 2.07. The number of hydrazine groups is 1. The molecular weight excluding hydrogens is 208 g/mol. The van der Waals surface area contributed by atoms with E-state index in [2.05, 4.69) is 49.6 Å². The number of nitrogens with two attached hydrogens (primary N) is 1. The van der Waals surface area contributed by atoms with Gasteiger partial charge in [-0.2, -0.15) is 0 Å². The molecule has 0 aromatic heterocycles. The molecule has 0 spiro atoms. The van der Waals surface area contributed by atoms with Crippen molar-refractivity contribution in [3.8, 4) is 0 Å². The lowest BCUT2D eigenvalue weighted by atomic mass is 9.99. The highest BCUT2D eigenvalue weighted by molar-refractivity contribution is 5.14. The van der Waals surface area contributed by atoms with E-state index in [1.807, 2.05) is 0 Å². The predicted molar refractivity (Wildman–Crippen MR) is 74.6 cm³/mol. The average Bonchev–Trinajstić information content (AvgIpc) is 2.34. The van der Waals surface area contributed by atoms with E-state index in [-0.39, 0.29) is 0 Å². The molecule has 0 aliphatic rings. The number of hydrogen-bond acceptors (Lipinski definition) is 2. The minimum absolute atomic E-state index is 0.453. The van der Waals surface area contributed by atoms with Gasteiger partial charge in [-0.1, -0.05) is 57.0 Å². The zero-order chi connectivity index (χ0) is 12.5. The summed E-state index contributed by atoms with van der Waals surface area (Å²) in [5.41, 5.74) is 4.35. The van der Waals surface area contributed by atoms with Gasteiger partial charge in [-0.05, 0) is 30.7 Å². The summed E-state index contributed by atoms with van der Waals surface area (Å²) in [7, 11) is 0. The van der Waals surface area contributed by atoms with E-state index in [9.17, 15) is 0 Å². The van der Waals surface area contributed by atoms with E-state index in [1.165, 1.54) is 24.8 Å². The number of aryl methyl sites for hydroxylation is 1. The van der Waals surface area contributed by atoms with Crippen LogP contribution in [0.15, 0.2) is 30.3 Å². The Bertz CT molecular complexity index is 282. The SMILES string of the molecule is CC(C)CCCC(CCc1ccccc1)NN. The van der Waals surface area contributed by atoms with E-state index in [0.29, 0.717) is 6.04 Å². The highest BCUT2D eigenvalue weighted by Crippen LogP contribution is 2.12. The van der Waals surface area contributed by atoms with Gasteiger partial charge in [0.05, 0.1) is 0 Å². The Morgan fingerprint density at radius 3 is 2.35 bits per heavy atom. The van der Waals surface area contributed by atoms with Crippen LogP contribution in [0, 0.1) is 5.92 Å². The van der Waals surface area contributed by atoms with Gasteiger partial charge in [-0.15, -0.1) is 0 Å². The first kappa shape index (κ1) is 14.2. The molecule has 17 heavy (non-hydrogen) atoms. The number of benzene rings is 1. The molecule has 1 atom stereocenters. The minimum atomic E-state index is 0.453. The number of rotatable bonds is 8. The number of hydrogen-bond donors (Lipinski definition) is 2. The Labute approximate surface area is 106 Å². The standard InChI is InChI=1S/C15H26N2/c1-13(2)7-6-10-15(17-16)12-11-14-8-4-3-5-9-14/h3-5,8-9,13,15,17H,6-7,10-12,16H2,1-2H3. The van der Waals surface area contributed by atoms with Crippen molar-refractivity contribution in [2.75, 3.05) is 0 Å². The molecule has 1 aromatic carbocycles. The Morgan fingerprint density at radius 1 is 1.06 bits per heavy atom. The van der Waals surface area contributed by atoms with Gasteiger partial charge in [0.2, 0.25) is 0 Å². The van der Waals surface area contributed by atoms with Crippen LogP contribution in [-0.2, 0) is 6.42 Å². The van der Waals surface area contributed by atoms with Crippen molar-refractivity contribution in [1.29, 1.82) is 0 Å². The zero-order valence-electron chi connectivity index (χ0n) is 11.2. The monoisotopic (exact) mass is 234 g/mol. The van der Waals surface area contributed by atoms with Crippen LogP contribution < -0.4 is 11.3 Å². The van der Waals surface area contributed by atoms with E-state index >= 15 is 0 Å². The third-order valence-corrected chi connectivity index (χ3v) is 3.19. The fraction of sp³-hybridized carbons (Fsp3) is 0.600. The highest BCUT2D eigenvalue weighted by Gasteiger charge is 2.07. The average molecular weight is 234 g/mol. The highest BCUT2D eigenvalue weighted by atomic mass is 15.2. The molecule has 0 bridgehead atoms. The summed E-state index contributed by atoms with van der Waals surface area (Å²) in [5.74, 6) is 6.40. The summed E-state index contributed by atoms with van der Waals surface area (Å²) in [6, 6.07) is 11.1. The van der Waals surface area contributed by atoms with Crippen LogP contribution in [-0.4, -0.2) is 6.04 Å². The molecule has 2 heteroatoms. The predicted octanol–water partition coefficient (Wildman–Crippen LogP) is 3.28. The van der Waals surface area contributed by atoms with Gasteiger partial charge in [0.15, 0.2) is 0 Å². The van der Waals surface area contributed by atoms with Crippen LogP contribution in [0.3, 0.4) is 0 Å². The fourth-order valence-electron chi connectivity index (χ4n) is 2.07. The van der Waals surface area contributed by atoms with Gasteiger partial charge in [0.25, 0.3) is 0 Å². The summed E-state index contributed by atoms with van der Waals surface area (Å²) in [5, 5.41) is 0. The first-order valence-corrected chi connectivity index (χ1v) is 6.72. The third kappa shape index (κ3) is 6.44. The van der Waals surface area contributed by atoms with Gasteiger partial charge in [0.1, 0.15) is 0 Å². The van der Waals surface area contributed by atoms with E-state index in [4.69, 9.17) is 5.84 Å². The number of nitrogens with one attached hydrogen (secondary N) is 1. The van der Waals surface area contributed by atoms with Crippen LogP contribution in [0.4, 0.5) is 0 Å². The van der Waals surface area contributed by atoms with Gasteiger partial charge >= 0.3 is 0 Å². The van der Waals surface area contributed by atoms with Crippen molar-refractivity contribution in [3.63, 3.8) is 0 Å². The van der Waals surface area contributed by atoms with Gasteiger partial charge in [-0.25, -0.2) is 0 Å². The summed E-state index contributed by atoms with van der Waals surface area (Å²) >= 11 is 0. The second-order valence-electron chi connectivity index (χ2n) is 5.21. The zero-order valence-corrected chi connectivity index (χ0v) is 11.2. The maximum atomic E-state index is 5.60. The Hall–Kier alpha value is -0.860. The van der Waals surface area contributed by atoms with E-state index in [1.54, 1.807) is 0 Å². The first-order valence-electron chi connectivity index (χ1n) is 6.72. The van der Waals surface area contributed by atoms with Crippen molar-refractivity contribution in [1.82, 2.24) is 5.43 Å². The topological polar surface area (TPSA) is 38.0 Å². The molecule has 0 saturated heterocycles. The summed E-state index contributed by atoms with van der Waals surface area (Å²) < 4.78 is 0. The van der Waals surface area contributed by atoms with Gasteiger partial charge in [-0.3, -0.25) is 11.3 Å². The van der Waals surface area contributed by atoms with Crippen molar-refractivity contribution in [3.05, 3.63) is 35.9 Å². The third-order valence-electron chi connectivity index (χ3n) is 3.19. The molecule has 1 unspecified atom stereocenters. The Morgan fingerprint density at radius 2 is 1.76 bits per heavy atom. The maximum absolute atomic E-state index is 5.60. The van der Waals surface area contributed by atoms with E-state index in [0.717, 1.165) is 18.8 Å². The molecule has 0 heterocycles. The molecule has 1 aromatic rings. The molecular formula is C15H26N2. The summed E-state index contributed by atoms with van der Waals surface area (Å²) in [4.78, 5) is 0. The normalized spacial score (nSPS) is 12.9. The van der Waals surface area contributed by atoms with Crippen molar-refractivity contribution in [2.24, 2.45) is 11.8 Å². The Balaban J connectivity index is 2.23. The molecule has 96 valence electrons. The lowest BCUT2D eigenvalue weighted by Gasteiger charge is -2.16. The van der Waals surface area contributed by atoms with Gasteiger partial charge in [0, 0.05) is 6.04 Å². The maximum Gasteiger partial charge on any atom is 0.0213 e. The van der Waals surface area contributed by atoms with Crippen LogP contribution in [0.25, 0.3) is 0 Å². The first-order chi connectivity index (χ1) is 8.22. The lowest BCUT2D eigenvalue weighted by molar-refractivity contribution is 0.424. The Kier molecular flexibility index (Phi) is 6.90. The van der Waals surface area contributed by atoms with Crippen molar-refractivity contribution >= 4 is 0 Å². The second kappa shape index (κ2) is 8.26. The smallest absolute Gasteiger partial charge is 0.0213 e. The van der Waals surface area contributed by atoms with Crippen molar-refractivity contribution in [2.45, 2.75) is 52.0 Å². The molecule has 0 amide bonds. The molecule has 1 rings (SSSR count). The molecule has 0 aliphatic heterocycles. The molecule has 2 nitrogen and oxygen atoms in total. The second-order valence-corrected chi connectivity index (χ2v) is 5.21. The largest absolute Gasteiger partial charge is 0.271 e. The van der Waals surface area contributed by atoms with Crippen LogP contribution in [0.1, 0.15) is 45.1 Å². The molecule has 0 saturated carbocycles. The van der Waals surface area contributed by atoms with Crippen LogP contribution >= 0.6 is 0 Å². The summed E-state index contributed by atoms with van der Waals surface area (Å²) in [6.07, 6.45) is 5.97. The molecule has 0 radical (unpaired) electrons. The molecule has 0 fully saturated rings. The summed E-state index contributed by atoms with van der Waals surface area (Å²) in [6.45, 7) is 4.55.